The zero-order valence-corrected chi connectivity index (χ0v) is 34.8. The van der Waals surface area contributed by atoms with Crippen LogP contribution in [0.1, 0.15) is 35.6 Å². The summed E-state index contributed by atoms with van der Waals surface area (Å²) < 4.78 is 14.2. The van der Waals surface area contributed by atoms with E-state index < -0.39 is 0 Å². The number of hydrogen-bond acceptors (Lipinski definition) is 4. The van der Waals surface area contributed by atoms with Gasteiger partial charge in [0, 0.05) is 12.8 Å². The van der Waals surface area contributed by atoms with Crippen LogP contribution in [0.15, 0.2) is 84.9 Å². The zero-order chi connectivity index (χ0) is 36.3. The number of nitrogens with zero attached hydrogens (tertiary/aromatic N) is 6. The van der Waals surface area contributed by atoms with Crippen LogP contribution >= 0.6 is 0 Å². The van der Waals surface area contributed by atoms with E-state index in [-0.39, 0.29) is 19.5 Å². The van der Waals surface area contributed by atoms with Crippen LogP contribution in [0.3, 0.4) is 0 Å². The van der Waals surface area contributed by atoms with Crippen molar-refractivity contribution in [1.29, 1.82) is 0 Å². The minimum atomic E-state index is 0. The number of ether oxygens (including phenoxy) is 2. The summed E-state index contributed by atoms with van der Waals surface area (Å²) in [4.78, 5) is 20.3. The predicted molar refractivity (Wildman–Crippen MR) is 214 cm³/mol. The molecule has 2 aliphatic rings. The van der Waals surface area contributed by atoms with Crippen molar-refractivity contribution in [2.45, 2.75) is 12.8 Å². The molecular weight excluding hydrogens is 710 g/mol. The van der Waals surface area contributed by atoms with Gasteiger partial charge in [0.05, 0.1) is 91.4 Å². The van der Waals surface area contributed by atoms with Crippen LogP contribution in [0.25, 0.3) is 68.6 Å². The summed E-state index contributed by atoms with van der Waals surface area (Å²) in [6.07, 6.45) is 10.1. The Morgan fingerprint density at radius 3 is 1.38 bits per heavy atom. The van der Waals surface area contributed by atoms with Crippen molar-refractivity contribution in [3.05, 3.63) is 108 Å². The van der Waals surface area contributed by atoms with Crippen LogP contribution in [-0.4, -0.2) is 87.5 Å². The van der Waals surface area contributed by atoms with Gasteiger partial charge in [-0.2, -0.15) is 0 Å². The van der Waals surface area contributed by atoms with E-state index in [4.69, 9.17) is 29.4 Å². The van der Waals surface area contributed by atoms with E-state index in [1.807, 2.05) is 60.7 Å². The number of aromatic nitrogens is 4. The fourth-order valence-electron chi connectivity index (χ4n) is 6.49. The summed E-state index contributed by atoms with van der Waals surface area (Å²) in [7, 11) is 13.2. The van der Waals surface area contributed by atoms with Crippen LogP contribution < -0.4 is 19.4 Å². The molecule has 0 unspecified atom stereocenters. The topological polar surface area (TPSA) is 72.4 Å². The Kier molecular flexibility index (Phi) is 11.5. The summed E-state index contributed by atoms with van der Waals surface area (Å²) in [5, 5.41) is 0. The maximum Gasteiger partial charge on any atom is 2.00 e. The molecule has 266 valence electrons. The molecule has 0 fully saturated rings. The Labute approximate surface area is 325 Å². The van der Waals surface area contributed by atoms with E-state index in [0.717, 1.165) is 113 Å². The first-order valence-electron chi connectivity index (χ1n) is 18.0. The Hall–Kier alpha value is -4.82. The molecule has 0 atom stereocenters. The van der Waals surface area contributed by atoms with E-state index in [1.54, 1.807) is 0 Å². The molecule has 8 bridgehead atoms. The molecule has 53 heavy (non-hydrogen) atoms. The van der Waals surface area contributed by atoms with Crippen LogP contribution in [0.2, 0.25) is 0 Å². The van der Waals surface area contributed by atoms with Crippen molar-refractivity contribution in [3.8, 4) is 33.8 Å². The van der Waals surface area contributed by atoms with Crippen molar-refractivity contribution < 1.29 is 37.9 Å². The first-order chi connectivity index (χ1) is 25.0. The van der Waals surface area contributed by atoms with Crippen molar-refractivity contribution in [2.24, 2.45) is 0 Å². The molecule has 5 aromatic rings. The number of quaternary nitrogens is 2. The Morgan fingerprint density at radius 2 is 0.962 bits per heavy atom. The summed E-state index contributed by atoms with van der Waals surface area (Å²) in [6.45, 7) is 3.41. The first kappa shape index (κ1) is 37.9. The van der Waals surface area contributed by atoms with Crippen molar-refractivity contribution in [3.63, 3.8) is 0 Å². The SMILES string of the molecule is C[N+](C)(C)CCCOc1cccc(-c2c3nc(cc4ccc([n-]4)c(-c4cccc(OCCC[N+](C)(C)C)c4)c4nc(cc5ccc2[n-]5)C=C4)C=C3)c1.[Zn+2]. The third kappa shape index (κ3) is 9.79. The van der Waals surface area contributed by atoms with Gasteiger partial charge in [-0.1, -0.05) is 60.7 Å². The molecule has 0 N–H and O–H groups in total. The molecule has 0 spiro atoms. The van der Waals surface area contributed by atoms with Gasteiger partial charge in [-0.15, -0.1) is 22.1 Å². The van der Waals surface area contributed by atoms with Crippen LogP contribution in [-0.2, 0) is 19.5 Å². The van der Waals surface area contributed by atoms with Crippen molar-refractivity contribution >= 4 is 46.4 Å². The van der Waals surface area contributed by atoms with E-state index in [9.17, 15) is 0 Å². The number of benzene rings is 2. The third-order valence-electron chi connectivity index (χ3n) is 8.99. The van der Waals surface area contributed by atoms with E-state index in [2.05, 4.69) is 90.8 Å². The smallest absolute Gasteiger partial charge is 0.657 e. The standard InChI is InChI=1S/C44H48N6O2.Zn/c1-49(2,3)23-9-25-51-37-13-7-11-31(27-37)43-39-19-15-33(45-39)29-35-17-21-41(47-35)44(42-22-18-36(48-42)30-34-16-20-40(43)46-34)32-12-8-14-38(28-32)52-26-10-24-50(4,5)6;/h7-8,11-22,27-30H,9-10,23-26H2,1-6H3;/q;+2. The van der Waals surface area contributed by atoms with Crippen LogP contribution in [0.5, 0.6) is 11.5 Å². The average molecular weight is 758 g/mol. The number of rotatable bonds is 12. The number of hydrogen-bond donors (Lipinski definition) is 0. The molecule has 3 aromatic heterocycles. The van der Waals surface area contributed by atoms with Crippen LogP contribution in [0, 0.1) is 0 Å². The number of fused-ring (bicyclic) bond motifs is 8. The van der Waals surface area contributed by atoms with E-state index >= 15 is 0 Å². The molecule has 5 heterocycles. The fraction of sp³-hybridized carbons (Fsp3) is 0.273. The fourth-order valence-corrected chi connectivity index (χ4v) is 6.49. The second-order valence-electron chi connectivity index (χ2n) is 15.5. The van der Waals surface area contributed by atoms with Gasteiger partial charge in [-0.3, -0.25) is 0 Å². The van der Waals surface area contributed by atoms with Crippen LogP contribution in [0.4, 0.5) is 0 Å². The minimum absolute atomic E-state index is 0. The summed E-state index contributed by atoms with van der Waals surface area (Å²) in [5.74, 6) is 1.67. The van der Waals surface area contributed by atoms with Crippen molar-refractivity contribution in [1.82, 2.24) is 19.9 Å². The Bertz CT molecular complexity index is 2140. The molecule has 8 nitrogen and oxygen atoms in total. The summed E-state index contributed by atoms with van der Waals surface area (Å²) in [5.41, 5.74) is 10.6. The minimum Gasteiger partial charge on any atom is -0.657 e. The second-order valence-corrected chi connectivity index (χ2v) is 15.5. The van der Waals surface area contributed by atoms with E-state index in [1.165, 1.54) is 0 Å². The molecular formula is C44H48N6O2Zn+2. The molecule has 0 amide bonds. The van der Waals surface area contributed by atoms with Gasteiger partial charge in [0.15, 0.2) is 0 Å². The van der Waals surface area contributed by atoms with Gasteiger partial charge in [0.2, 0.25) is 0 Å². The van der Waals surface area contributed by atoms with Gasteiger partial charge in [0.1, 0.15) is 11.5 Å². The van der Waals surface area contributed by atoms with Gasteiger partial charge in [0.25, 0.3) is 0 Å². The summed E-state index contributed by atoms with van der Waals surface area (Å²) in [6, 6.07) is 28.7. The largest absolute Gasteiger partial charge is 2.00 e. The zero-order valence-electron chi connectivity index (χ0n) is 31.8. The molecule has 0 saturated heterocycles. The molecule has 0 radical (unpaired) electrons. The van der Waals surface area contributed by atoms with Crippen molar-refractivity contribution in [2.75, 3.05) is 68.6 Å². The molecule has 2 aromatic carbocycles. The van der Waals surface area contributed by atoms with Gasteiger partial charge < -0.3 is 28.4 Å². The maximum absolute atomic E-state index is 6.21. The van der Waals surface area contributed by atoms with E-state index in [0.29, 0.717) is 13.2 Å². The monoisotopic (exact) mass is 756 g/mol. The first-order valence-corrected chi connectivity index (χ1v) is 18.0. The normalized spacial score (nSPS) is 12.5. The summed E-state index contributed by atoms with van der Waals surface area (Å²) >= 11 is 0. The Morgan fingerprint density at radius 1 is 0.528 bits per heavy atom. The maximum atomic E-state index is 6.21. The van der Waals surface area contributed by atoms with Gasteiger partial charge >= 0.3 is 19.5 Å². The molecule has 2 aliphatic heterocycles. The quantitative estimate of drug-likeness (QED) is 0.0712. The predicted octanol–water partition coefficient (Wildman–Crippen LogP) is 8.20. The molecule has 7 rings (SSSR count). The van der Waals surface area contributed by atoms with Gasteiger partial charge in [-0.25, -0.2) is 9.97 Å². The average Bonchev–Trinajstić information content (AvgIpc) is 3.92. The molecule has 0 saturated carbocycles. The molecule has 0 aliphatic carbocycles. The van der Waals surface area contributed by atoms with Gasteiger partial charge in [-0.05, 0) is 70.8 Å². The third-order valence-corrected chi connectivity index (χ3v) is 8.99. The molecule has 9 heteroatoms. The second kappa shape index (κ2) is 16.1. The Balaban J connectivity index is 0.00000481.